The lowest BCUT2D eigenvalue weighted by molar-refractivity contribution is -0.00520. The van der Waals surface area contributed by atoms with Gasteiger partial charge in [-0.2, -0.15) is 5.26 Å². The fourth-order valence-electron chi connectivity index (χ4n) is 2.49. The molecule has 0 aromatic heterocycles. The van der Waals surface area contributed by atoms with E-state index in [2.05, 4.69) is 29.1 Å². The van der Waals surface area contributed by atoms with Gasteiger partial charge in [-0.05, 0) is 38.3 Å². The minimum atomic E-state index is 0.181. The van der Waals surface area contributed by atoms with Gasteiger partial charge in [-0.3, -0.25) is 5.32 Å². The first kappa shape index (κ1) is 16.9. The van der Waals surface area contributed by atoms with Crippen molar-refractivity contribution in [3.63, 3.8) is 0 Å². The molecular weight excluding hydrogens is 320 g/mol. The quantitative estimate of drug-likeness (QED) is 0.388. The van der Waals surface area contributed by atoms with E-state index in [1.54, 1.807) is 0 Å². The zero-order chi connectivity index (χ0) is 16.1. The number of aliphatic imine (C=N–C) groups is 1. The number of halogens is 1. The van der Waals surface area contributed by atoms with E-state index in [0.29, 0.717) is 10.2 Å². The van der Waals surface area contributed by atoms with Crippen LogP contribution in [0.4, 0.5) is 11.4 Å². The first-order chi connectivity index (χ1) is 10.5. The number of morpholine rings is 1. The summed E-state index contributed by atoms with van der Waals surface area (Å²) < 4.78 is 5.75. The largest absolute Gasteiger partial charge is 0.372 e. The van der Waals surface area contributed by atoms with Gasteiger partial charge in [-0.25, -0.2) is 4.99 Å². The number of ether oxygens (including phenoxy) is 1. The number of amidine groups is 1. The van der Waals surface area contributed by atoms with Crippen molar-refractivity contribution in [2.75, 3.05) is 24.2 Å². The monoisotopic (exact) mass is 338 g/mol. The molecule has 22 heavy (non-hydrogen) atoms. The molecule has 1 aromatic rings. The SMILES string of the molecule is CSC(=Nc1ccc(N2CC(C)OC(C)C2)c(Cl)c1)NC#N. The second-order valence-electron chi connectivity index (χ2n) is 5.16. The lowest BCUT2D eigenvalue weighted by Gasteiger charge is -2.37. The van der Waals surface area contributed by atoms with Crippen LogP contribution in [0.15, 0.2) is 23.2 Å². The third kappa shape index (κ3) is 4.29. The van der Waals surface area contributed by atoms with Gasteiger partial charge in [0.1, 0.15) is 0 Å². The molecule has 0 radical (unpaired) electrons. The molecule has 0 saturated carbocycles. The number of nitrogens with one attached hydrogen (secondary N) is 1. The molecule has 0 bridgehead atoms. The average molecular weight is 339 g/mol. The summed E-state index contributed by atoms with van der Waals surface area (Å²) in [5.74, 6) is 0. The third-order valence-electron chi connectivity index (χ3n) is 3.28. The fourth-order valence-corrected chi connectivity index (χ4v) is 3.12. The van der Waals surface area contributed by atoms with Gasteiger partial charge < -0.3 is 9.64 Å². The molecule has 2 rings (SSSR count). The summed E-state index contributed by atoms with van der Waals surface area (Å²) in [5, 5.41) is 12.4. The van der Waals surface area contributed by atoms with Crippen LogP contribution in [0.3, 0.4) is 0 Å². The van der Waals surface area contributed by atoms with Gasteiger partial charge in [-0.15, -0.1) is 0 Å². The van der Waals surface area contributed by atoms with Crippen LogP contribution in [0.5, 0.6) is 0 Å². The van der Waals surface area contributed by atoms with E-state index in [1.165, 1.54) is 11.8 Å². The second kappa shape index (κ2) is 7.73. The van der Waals surface area contributed by atoms with E-state index in [-0.39, 0.29) is 12.2 Å². The van der Waals surface area contributed by atoms with Crippen LogP contribution < -0.4 is 10.2 Å². The van der Waals surface area contributed by atoms with Crippen molar-refractivity contribution < 1.29 is 4.74 Å². The number of rotatable bonds is 2. The molecule has 0 amide bonds. The van der Waals surface area contributed by atoms with E-state index in [9.17, 15) is 0 Å². The van der Waals surface area contributed by atoms with Crippen LogP contribution in [0.1, 0.15) is 13.8 Å². The van der Waals surface area contributed by atoms with Gasteiger partial charge in [0.25, 0.3) is 0 Å². The number of anilines is 1. The zero-order valence-electron chi connectivity index (χ0n) is 12.8. The molecular formula is C15H19ClN4OS. The molecule has 1 heterocycles. The summed E-state index contributed by atoms with van der Waals surface area (Å²) in [5.41, 5.74) is 1.71. The van der Waals surface area contributed by atoms with Crippen molar-refractivity contribution >= 4 is 39.9 Å². The van der Waals surface area contributed by atoms with Gasteiger partial charge in [-0.1, -0.05) is 23.4 Å². The molecule has 1 aromatic carbocycles. The number of nitriles is 1. The maximum absolute atomic E-state index is 8.66. The maximum atomic E-state index is 8.66. The van der Waals surface area contributed by atoms with E-state index in [1.807, 2.05) is 30.6 Å². The number of hydrogen-bond acceptors (Lipinski definition) is 5. The number of thioether (sulfide) groups is 1. The molecule has 5 nitrogen and oxygen atoms in total. The summed E-state index contributed by atoms with van der Waals surface area (Å²) in [7, 11) is 0. The maximum Gasteiger partial charge on any atom is 0.183 e. The highest BCUT2D eigenvalue weighted by molar-refractivity contribution is 8.13. The Morgan fingerprint density at radius 3 is 2.68 bits per heavy atom. The average Bonchev–Trinajstić information content (AvgIpc) is 2.45. The zero-order valence-corrected chi connectivity index (χ0v) is 14.4. The molecule has 1 aliphatic rings. The summed E-state index contributed by atoms with van der Waals surface area (Å²) in [4.78, 5) is 6.60. The summed E-state index contributed by atoms with van der Waals surface area (Å²) in [6.07, 6.45) is 4.09. The predicted octanol–water partition coefficient (Wildman–Crippen LogP) is 3.37. The van der Waals surface area contributed by atoms with Crippen molar-refractivity contribution in [1.82, 2.24) is 5.32 Å². The first-order valence-electron chi connectivity index (χ1n) is 7.01. The van der Waals surface area contributed by atoms with Gasteiger partial charge in [0.05, 0.1) is 28.6 Å². The van der Waals surface area contributed by atoms with Gasteiger partial charge in [0.15, 0.2) is 11.4 Å². The summed E-state index contributed by atoms with van der Waals surface area (Å²) >= 11 is 7.79. The molecule has 1 saturated heterocycles. The second-order valence-corrected chi connectivity index (χ2v) is 6.36. The third-order valence-corrected chi connectivity index (χ3v) is 4.16. The summed E-state index contributed by atoms with van der Waals surface area (Å²) in [6.45, 7) is 5.76. The highest BCUT2D eigenvalue weighted by Crippen LogP contribution is 2.32. The van der Waals surface area contributed by atoms with Crippen LogP contribution in [-0.4, -0.2) is 36.7 Å². The Hall–Kier alpha value is -1.42. The molecule has 0 aliphatic carbocycles. The van der Waals surface area contributed by atoms with Gasteiger partial charge in [0.2, 0.25) is 0 Å². The topological polar surface area (TPSA) is 60.6 Å². The van der Waals surface area contributed by atoms with Gasteiger partial charge in [0, 0.05) is 13.1 Å². The van der Waals surface area contributed by atoms with E-state index >= 15 is 0 Å². The normalized spacial score (nSPS) is 22.3. The molecule has 7 heteroatoms. The highest BCUT2D eigenvalue weighted by Gasteiger charge is 2.23. The Kier molecular flexibility index (Phi) is 5.95. The molecule has 1 aliphatic heterocycles. The van der Waals surface area contributed by atoms with Crippen molar-refractivity contribution in [2.24, 2.45) is 4.99 Å². The molecule has 0 spiro atoms. The Morgan fingerprint density at radius 1 is 1.45 bits per heavy atom. The molecule has 118 valence electrons. The Labute approximate surface area is 140 Å². The predicted molar refractivity (Wildman–Crippen MR) is 93.0 cm³/mol. The minimum absolute atomic E-state index is 0.181. The van der Waals surface area contributed by atoms with Gasteiger partial charge >= 0.3 is 0 Å². The van der Waals surface area contributed by atoms with E-state index in [4.69, 9.17) is 21.6 Å². The lowest BCUT2D eigenvalue weighted by Crippen LogP contribution is -2.45. The molecule has 2 unspecified atom stereocenters. The molecule has 2 atom stereocenters. The number of nitrogens with zero attached hydrogens (tertiary/aromatic N) is 3. The van der Waals surface area contributed by atoms with Crippen LogP contribution >= 0.6 is 23.4 Å². The van der Waals surface area contributed by atoms with Crippen LogP contribution in [0, 0.1) is 11.5 Å². The number of hydrogen-bond donors (Lipinski definition) is 1. The Bertz CT molecular complexity index is 592. The Balaban J connectivity index is 2.21. The van der Waals surface area contributed by atoms with Crippen LogP contribution in [0.2, 0.25) is 5.02 Å². The van der Waals surface area contributed by atoms with Crippen molar-refractivity contribution in [2.45, 2.75) is 26.1 Å². The lowest BCUT2D eigenvalue weighted by atomic mass is 10.2. The van der Waals surface area contributed by atoms with Crippen molar-refractivity contribution in [3.05, 3.63) is 23.2 Å². The number of benzene rings is 1. The smallest absolute Gasteiger partial charge is 0.183 e. The van der Waals surface area contributed by atoms with Crippen LogP contribution in [-0.2, 0) is 4.74 Å². The Morgan fingerprint density at radius 2 is 2.14 bits per heavy atom. The molecule has 1 N–H and O–H groups in total. The minimum Gasteiger partial charge on any atom is -0.372 e. The van der Waals surface area contributed by atoms with E-state index < -0.39 is 0 Å². The van der Waals surface area contributed by atoms with Crippen LogP contribution in [0.25, 0.3) is 0 Å². The first-order valence-corrected chi connectivity index (χ1v) is 8.61. The van der Waals surface area contributed by atoms with Crippen molar-refractivity contribution in [1.29, 1.82) is 5.26 Å². The standard InChI is InChI=1S/C15H19ClN4OS/c1-10-7-20(8-11(2)21-10)14-5-4-12(6-13(14)16)19-15(22-3)18-9-17/h4-6,10-11H,7-8H2,1-3H3,(H,18,19). The van der Waals surface area contributed by atoms with E-state index in [0.717, 1.165) is 24.5 Å². The molecule has 1 fully saturated rings. The summed E-state index contributed by atoms with van der Waals surface area (Å²) in [6, 6.07) is 5.69. The van der Waals surface area contributed by atoms with Crippen molar-refractivity contribution in [3.8, 4) is 6.19 Å². The highest BCUT2D eigenvalue weighted by atomic mass is 35.5. The fraction of sp³-hybridized carbons (Fsp3) is 0.467.